The summed E-state index contributed by atoms with van der Waals surface area (Å²) >= 11 is 0. The fourth-order valence-electron chi connectivity index (χ4n) is 1.76. The first-order valence-electron chi connectivity index (χ1n) is 5.93. The molecule has 1 aliphatic heterocycles. The third kappa shape index (κ3) is 2.99. The predicted octanol–water partition coefficient (Wildman–Crippen LogP) is 2.33. The Morgan fingerprint density at radius 2 is 2.12 bits per heavy atom. The summed E-state index contributed by atoms with van der Waals surface area (Å²) in [4.78, 5) is 0. The number of rotatable bonds is 4. The smallest absolute Gasteiger partial charge is 0.119 e. The van der Waals surface area contributed by atoms with Gasteiger partial charge in [0.2, 0.25) is 0 Å². The van der Waals surface area contributed by atoms with Crippen molar-refractivity contribution >= 4 is 0 Å². The van der Waals surface area contributed by atoms with E-state index in [9.17, 15) is 5.11 Å². The summed E-state index contributed by atoms with van der Waals surface area (Å²) in [5.41, 5.74) is 0.179. The summed E-state index contributed by atoms with van der Waals surface area (Å²) in [6, 6.07) is 7.62. The molecule has 2 rings (SSSR count). The zero-order valence-corrected chi connectivity index (χ0v) is 10.7. The first-order chi connectivity index (χ1) is 7.89. The quantitative estimate of drug-likeness (QED) is 0.872. The average molecular weight is 236 g/mol. The molecule has 0 aromatic heterocycles. The summed E-state index contributed by atoms with van der Waals surface area (Å²) in [6.07, 6.45) is 0. The summed E-state index contributed by atoms with van der Waals surface area (Å²) in [5, 5.41) is 9.92. The van der Waals surface area contributed by atoms with E-state index in [1.807, 2.05) is 24.3 Å². The summed E-state index contributed by atoms with van der Waals surface area (Å²) < 4.78 is 10.9. The van der Waals surface area contributed by atoms with E-state index >= 15 is 0 Å². The molecule has 3 heteroatoms. The highest BCUT2D eigenvalue weighted by atomic mass is 16.5. The second-order valence-electron chi connectivity index (χ2n) is 5.68. The molecule has 17 heavy (non-hydrogen) atoms. The lowest BCUT2D eigenvalue weighted by molar-refractivity contribution is -0.120. The number of benzene rings is 1. The van der Waals surface area contributed by atoms with E-state index < -0.39 is 5.60 Å². The first kappa shape index (κ1) is 12.4. The number of aliphatic hydroxyl groups is 1. The number of ether oxygens (including phenoxy) is 2. The summed E-state index contributed by atoms with van der Waals surface area (Å²) in [5.74, 6) is 0.803. The maximum Gasteiger partial charge on any atom is 0.119 e. The number of hydrogen-bond donors (Lipinski definition) is 1. The van der Waals surface area contributed by atoms with Crippen LogP contribution in [-0.2, 0) is 10.3 Å². The lowest BCUT2D eigenvalue weighted by Gasteiger charge is -2.37. The van der Waals surface area contributed by atoms with Crippen LogP contribution in [0.1, 0.15) is 26.3 Å². The Bertz CT molecular complexity index is 389. The van der Waals surface area contributed by atoms with Gasteiger partial charge in [0.1, 0.15) is 5.75 Å². The summed E-state index contributed by atoms with van der Waals surface area (Å²) in [6.45, 7) is 7.87. The third-order valence-corrected chi connectivity index (χ3v) is 3.03. The molecule has 1 aliphatic rings. The van der Waals surface area contributed by atoms with Gasteiger partial charge in [-0.15, -0.1) is 0 Å². The Labute approximate surface area is 102 Å². The fourth-order valence-corrected chi connectivity index (χ4v) is 1.76. The molecule has 1 N–H and O–H groups in total. The molecule has 0 radical (unpaired) electrons. The standard InChI is InChI=1S/C14H20O3/c1-13(2,15)11-5-4-6-12(7-11)17-10-14(3)8-16-9-14/h4-7,15H,8-10H2,1-3H3. The van der Waals surface area contributed by atoms with Gasteiger partial charge in [0.05, 0.1) is 25.4 Å². The van der Waals surface area contributed by atoms with Gasteiger partial charge in [0.15, 0.2) is 0 Å². The maximum atomic E-state index is 9.92. The molecule has 1 saturated heterocycles. The van der Waals surface area contributed by atoms with Crippen molar-refractivity contribution in [3.8, 4) is 5.75 Å². The maximum absolute atomic E-state index is 9.92. The second-order valence-corrected chi connectivity index (χ2v) is 5.68. The van der Waals surface area contributed by atoms with Crippen LogP contribution < -0.4 is 4.74 Å². The average Bonchev–Trinajstić information content (AvgIpc) is 2.23. The predicted molar refractivity (Wildman–Crippen MR) is 66.1 cm³/mol. The van der Waals surface area contributed by atoms with Crippen LogP contribution in [0.3, 0.4) is 0 Å². The second kappa shape index (κ2) is 4.31. The molecule has 1 aromatic rings. The Balaban J connectivity index is 2.01. The van der Waals surface area contributed by atoms with E-state index in [1.165, 1.54) is 0 Å². The van der Waals surface area contributed by atoms with Crippen molar-refractivity contribution in [1.82, 2.24) is 0 Å². The van der Waals surface area contributed by atoms with E-state index in [0.29, 0.717) is 6.61 Å². The van der Waals surface area contributed by atoms with Gasteiger partial charge in [-0.1, -0.05) is 19.1 Å². The minimum atomic E-state index is -0.831. The van der Waals surface area contributed by atoms with Gasteiger partial charge in [-0.25, -0.2) is 0 Å². The van der Waals surface area contributed by atoms with Crippen molar-refractivity contribution in [3.05, 3.63) is 29.8 Å². The lowest BCUT2D eigenvalue weighted by atomic mass is 9.90. The molecule has 0 aliphatic carbocycles. The highest BCUT2D eigenvalue weighted by Gasteiger charge is 2.34. The molecule has 94 valence electrons. The minimum Gasteiger partial charge on any atom is -0.493 e. The fraction of sp³-hybridized carbons (Fsp3) is 0.571. The molecule has 1 heterocycles. The van der Waals surface area contributed by atoms with Gasteiger partial charge in [0.25, 0.3) is 0 Å². The van der Waals surface area contributed by atoms with E-state index in [0.717, 1.165) is 24.5 Å². The minimum absolute atomic E-state index is 0.144. The summed E-state index contributed by atoms with van der Waals surface area (Å²) in [7, 11) is 0. The molecule has 1 aromatic carbocycles. The van der Waals surface area contributed by atoms with Crippen LogP contribution in [0, 0.1) is 5.41 Å². The molecule has 0 atom stereocenters. The van der Waals surface area contributed by atoms with Crippen LogP contribution in [0.25, 0.3) is 0 Å². The van der Waals surface area contributed by atoms with Gasteiger partial charge < -0.3 is 14.6 Å². The highest BCUT2D eigenvalue weighted by Crippen LogP contribution is 2.29. The lowest BCUT2D eigenvalue weighted by Crippen LogP contribution is -2.44. The Morgan fingerprint density at radius 3 is 2.65 bits per heavy atom. The van der Waals surface area contributed by atoms with Gasteiger partial charge in [-0.05, 0) is 31.5 Å². The van der Waals surface area contributed by atoms with Gasteiger partial charge in [-0.3, -0.25) is 0 Å². The molecule has 0 unspecified atom stereocenters. The first-order valence-corrected chi connectivity index (χ1v) is 5.93. The molecule has 1 fully saturated rings. The molecule has 0 saturated carbocycles. The van der Waals surface area contributed by atoms with Gasteiger partial charge in [-0.2, -0.15) is 0 Å². The van der Waals surface area contributed by atoms with Crippen molar-refractivity contribution in [2.45, 2.75) is 26.4 Å². The van der Waals surface area contributed by atoms with Gasteiger partial charge in [0, 0.05) is 5.41 Å². The van der Waals surface area contributed by atoms with Crippen LogP contribution in [0.5, 0.6) is 5.75 Å². The van der Waals surface area contributed by atoms with Crippen LogP contribution in [0.2, 0.25) is 0 Å². The normalized spacial score (nSPS) is 18.6. The Kier molecular flexibility index (Phi) is 3.15. The van der Waals surface area contributed by atoms with Crippen LogP contribution >= 0.6 is 0 Å². The molecule has 3 nitrogen and oxygen atoms in total. The van der Waals surface area contributed by atoms with Crippen molar-refractivity contribution < 1.29 is 14.6 Å². The molecule has 0 spiro atoms. The van der Waals surface area contributed by atoms with E-state index in [2.05, 4.69) is 6.92 Å². The zero-order valence-electron chi connectivity index (χ0n) is 10.7. The molecular weight excluding hydrogens is 216 g/mol. The molecular formula is C14H20O3. The highest BCUT2D eigenvalue weighted by molar-refractivity contribution is 5.31. The van der Waals surface area contributed by atoms with E-state index in [-0.39, 0.29) is 5.41 Å². The number of hydrogen-bond acceptors (Lipinski definition) is 3. The van der Waals surface area contributed by atoms with E-state index in [1.54, 1.807) is 13.8 Å². The monoisotopic (exact) mass is 236 g/mol. The van der Waals surface area contributed by atoms with Crippen LogP contribution in [0.15, 0.2) is 24.3 Å². The van der Waals surface area contributed by atoms with Crippen molar-refractivity contribution in [2.24, 2.45) is 5.41 Å². The van der Waals surface area contributed by atoms with Crippen molar-refractivity contribution in [2.75, 3.05) is 19.8 Å². The topological polar surface area (TPSA) is 38.7 Å². The van der Waals surface area contributed by atoms with Crippen LogP contribution in [0.4, 0.5) is 0 Å². The largest absolute Gasteiger partial charge is 0.493 e. The molecule has 0 bridgehead atoms. The SMILES string of the molecule is CC1(COc2cccc(C(C)(C)O)c2)COC1. The zero-order chi connectivity index (χ0) is 12.5. The van der Waals surface area contributed by atoms with Crippen molar-refractivity contribution in [3.63, 3.8) is 0 Å². The van der Waals surface area contributed by atoms with Gasteiger partial charge >= 0.3 is 0 Å². The third-order valence-electron chi connectivity index (χ3n) is 3.03. The Morgan fingerprint density at radius 1 is 1.41 bits per heavy atom. The van der Waals surface area contributed by atoms with E-state index in [4.69, 9.17) is 9.47 Å². The Hall–Kier alpha value is -1.06. The van der Waals surface area contributed by atoms with Crippen LogP contribution in [-0.4, -0.2) is 24.9 Å². The molecule has 0 amide bonds. The van der Waals surface area contributed by atoms with Crippen molar-refractivity contribution in [1.29, 1.82) is 0 Å².